The van der Waals surface area contributed by atoms with Crippen molar-refractivity contribution in [2.45, 2.75) is 38.3 Å². The molecule has 2 aliphatic heterocycles. The van der Waals surface area contributed by atoms with Gasteiger partial charge >= 0.3 is 0 Å². The fourth-order valence-electron chi connectivity index (χ4n) is 4.16. The van der Waals surface area contributed by atoms with E-state index in [2.05, 4.69) is 16.3 Å². The molecule has 0 bridgehead atoms. The highest BCUT2D eigenvalue weighted by Crippen LogP contribution is 2.23. The predicted octanol–water partition coefficient (Wildman–Crippen LogP) is 2.06. The first-order valence-corrected chi connectivity index (χ1v) is 9.75. The summed E-state index contributed by atoms with van der Waals surface area (Å²) in [4.78, 5) is 28.9. The molecule has 1 N–H and O–H groups in total. The minimum absolute atomic E-state index is 0.000371. The van der Waals surface area contributed by atoms with Crippen molar-refractivity contribution in [2.75, 3.05) is 26.2 Å². The number of hydrogen-bond acceptors (Lipinski definition) is 5. The van der Waals surface area contributed by atoms with E-state index in [-0.39, 0.29) is 23.9 Å². The van der Waals surface area contributed by atoms with Gasteiger partial charge < -0.3 is 14.6 Å². The number of carbonyl (C=O) groups excluding carboxylic acids is 2. The monoisotopic (exact) mass is 380 g/mol. The average molecular weight is 380 g/mol. The van der Waals surface area contributed by atoms with Crippen LogP contribution < -0.4 is 5.32 Å². The molecule has 1 aromatic heterocycles. The van der Waals surface area contributed by atoms with Crippen LogP contribution in [0.15, 0.2) is 28.9 Å². The number of rotatable bonds is 4. The molecule has 0 spiro atoms. The van der Waals surface area contributed by atoms with Crippen molar-refractivity contribution in [1.82, 2.24) is 15.1 Å². The zero-order chi connectivity index (χ0) is 19.7. The van der Waals surface area contributed by atoms with Crippen LogP contribution in [0.5, 0.6) is 0 Å². The third kappa shape index (κ3) is 3.60. The Morgan fingerprint density at radius 2 is 2.18 bits per heavy atom. The molecule has 0 radical (unpaired) electrons. The van der Waals surface area contributed by atoms with E-state index in [1.165, 1.54) is 6.26 Å². The normalized spacial score (nSPS) is 22.5. The van der Waals surface area contributed by atoms with Gasteiger partial charge in [0, 0.05) is 31.1 Å². The lowest BCUT2D eigenvalue weighted by atomic mass is 10.1. The van der Waals surface area contributed by atoms with E-state index in [1.54, 1.807) is 4.90 Å². The van der Waals surface area contributed by atoms with Gasteiger partial charge in [-0.2, -0.15) is 5.26 Å². The summed E-state index contributed by atoms with van der Waals surface area (Å²) in [7, 11) is 0. The molecule has 2 atom stereocenters. The highest BCUT2D eigenvalue weighted by Gasteiger charge is 2.32. The van der Waals surface area contributed by atoms with Gasteiger partial charge in [-0.05, 0) is 38.3 Å². The molecular formula is C21H24N4O3. The number of likely N-dealkylation sites (tertiary alicyclic amines) is 2. The predicted molar refractivity (Wildman–Crippen MR) is 104 cm³/mol. The summed E-state index contributed by atoms with van der Waals surface area (Å²) >= 11 is 0. The number of carbonyl (C=O) groups is 2. The molecule has 4 rings (SSSR count). The Labute approximate surface area is 163 Å². The maximum Gasteiger partial charge on any atom is 0.255 e. The molecule has 7 heteroatoms. The molecule has 7 nitrogen and oxygen atoms in total. The van der Waals surface area contributed by atoms with Gasteiger partial charge in [-0.3, -0.25) is 14.5 Å². The Bertz CT molecular complexity index is 945. The molecule has 1 aromatic carbocycles. The molecule has 2 aromatic rings. The Morgan fingerprint density at radius 3 is 3.00 bits per heavy atom. The molecule has 146 valence electrons. The van der Waals surface area contributed by atoms with Crippen molar-refractivity contribution >= 4 is 22.8 Å². The molecule has 2 fully saturated rings. The molecule has 0 aliphatic carbocycles. The van der Waals surface area contributed by atoms with Crippen molar-refractivity contribution in [3.63, 3.8) is 0 Å². The van der Waals surface area contributed by atoms with Gasteiger partial charge in [-0.15, -0.1) is 0 Å². The van der Waals surface area contributed by atoms with Crippen LogP contribution in [-0.2, 0) is 4.79 Å². The van der Waals surface area contributed by atoms with Crippen molar-refractivity contribution < 1.29 is 14.0 Å². The first-order valence-electron chi connectivity index (χ1n) is 9.75. The quantitative estimate of drug-likeness (QED) is 0.877. The van der Waals surface area contributed by atoms with Crippen LogP contribution in [0, 0.1) is 18.3 Å². The standard InChI is InChI=1S/C21H24N4O3/c1-14-4-5-19-17(9-14)18(13-28-19)21(27)23-15-6-8-24(11-15)12-20(26)25-7-2-3-16(25)10-22/h4-5,9,13,15-16H,2-3,6-8,11-12H2,1H3,(H,23,27). The number of nitrogens with zero attached hydrogens (tertiary/aromatic N) is 3. The summed E-state index contributed by atoms with van der Waals surface area (Å²) in [5.74, 6) is -0.140. The maximum atomic E-state index is 12.7. The summed E-state index contributed by atoms with van der Waals surface area (Å²) in [5, 5.41) is 13.0. The van der Waals surface area contributed by atoms with Gasteiger partial charge in [0.15, 0.2) is 0 Å². The number of nitriles is 1. The lowest BCUT2D eigenvalue weighted by molar-refractivity contribution is -0.132. The Morgan fingerprint density at radius 1 is 1.32 bits per heavy atom. The van der Waals surface area contributed by atoms with Crippen LogP contribution in [0.2, 0.25) is 0 Å². The van der Waals surface area contributed by atoms with Crippen LogP contribution in [-0.4, -0.2) is 59.9 Å². The fraction of sp³-hybridized carbons (Fsp3) is 0.476. The number of furan rings is 1. The van der Waals surface area contributed by atoms with Gasteiger partial charge in [0.05, 0.1) is 18.2 Å². The summed E-state index contributed by atoms with van der Waals surface area (Å²) < 4.78 is 5.49. The number of amides is 2. The molecule has 2 aliphatic rings. The summed E-state index contributed by atoms with van der Waals surface area (Å²) in [5.41, 5.74) is 2.32. The number of hydrogen-bond donors (Lipinski definition) is 1. The van der Waals surface area contributed by atoms with E-state index < -0.39 is 0 Å². The van der Waals surface area contributed by atoms with E-state index in [1.807, 2.05) is 25.1 Å². The van der Waals surface area contributed by atoms with E-state index in [4.69, 9.17) is 9.68 Å². The highest BCUT2D eigenvalue weighted by molar-refractivity contribution is 6.06. The second-order valence-electron chi connectivity index (χ2n) is 7.72. The van der Waals surface area contributed by atoms with Crippen LogP contribution in [0.3, 0.4) is 0 Å². The zero-order valence-electron chi connectivity index (χ0n) is 16.0. The Hall–Kier alpha value is -2.85. The molecule has 28 heavy (non-hydrogen) atoms. The fourth-order valence-corrected chi connectivity index (χ4v) is 4.16. The minimum atomic E-state index is -0.288. The Kier molecular flexibility index (Phi) is 5.05. The zero-order valence-corrected chi connectivity index (χ0v) is 16.0. The van der Waals surface area contributed by atoms with Crippen molar-refractivity contribution in [2.24, 2.45) is 0 Å². The van der Waals surface area contributed by atoms with Crippen LogP contribution in [0.1, 0.15) is 35.2 Å². The van der Waals surface area contributed by atoms with Crippen LogP contribution in [0.25, 0.3) is 11.0 Å². The highest BCUT2D eigenvalue weighted by atomic mass is 16.3. The molecule has 3 heterocycles. The van der Waals surface area contributed by atoms with Gasteiger partial charge in [0.1, 0.15) is 17.9 Å². The number of nitrogens with one attached hydrogen (secondary N) is 1. The summed E-state index contributed by atoms with van der Waals surface area (Å²) in [6.45, 7) is 4.35. The van der Waals surface area contributed by atoms with Crippen LogP contribution in [0.4, 0.5) is 0 Å². The van der Waals surface area contributed by atoms with Gasteiger partial charge in [0.2, 0.25) is 5.91 Å². The second-order valence-corrected chi connectivity index (χ2v) is 7.72. The molecule has 2 unspecified atom stereocenters. The molecule has 2 amide bonds. The molecule has 0 saturated carbocycles. The van der Waals surface area contributed by atoms with Crippen molar-refractivity contribution in [3.05, 3.63) is 35.6 Å². The topological polar surface area (TPSA) is 89.6 Å². The summed E-state index contributed by atoms with van der Waals surface area (Å²) in [6, 6.07) is 7.70. The van der Waals surface area contributed by atoms with Crippen molar-refractivity contribution in [3.8, 4) is 6.07 Å². The largest absolute Gasteiger partial charge is 0.463 e. The molecular weight excluding hydrogens is 356 g/mol. The third-order valence-electron chi connectivity index (χ3n) is 5.66. The van der Waals surface area contributed by atoms with E-state index in [9.17, 15) is 9.59 Å². The smallest absolute Gasteiger partial charge is 0.255 e. The minimum Gasteiger partial charge on any atom is -0.463 e. The van der Waals surface area contributed by atoms with Crippen molar-refractivity contribution in [1.29, 1.82) is 5.26 Å². The molecule has 2 saturated heterocycles. The average Bonchev–Trinajstić information content (AvgIpc) is 3.40. The first-order chi connectivity index (χ1) is 13.5. The Balaban J connectivity index is 1.34. The van der Waals surface area contributed by atoms with E-state index in [0.29, 0.717) is 30.8 Å². The SMILES string of the molecule is Cc1ccc2occ(C(=O)NC3CCN(CC(=O)N4CCCC4C#N)C3)c2c1. The number of fused-ring (bicyclic) bond motifs is 1. The number of benzene rings is 1. The van der Waals surface area contributed by atoms with E-state index >= 15 is 0 Å². The maximum absolute atomic E-state index is 12.7. The van der Waals surface area contributed by atoms with E-state index in [0.717, 1.165) is 36.8 Å². The lowest BCUT2D eigenvalue weighted by Crippen LogP contribution is -2.43. The lowest BCUT2D eigenvalue weighted by Gasteiger charge is -2.23. The number of aryl methyl sites for hydroxylation is 1. The van der Waals surface area contributed by atoms with Gasteiger partial charge in [0.25, 0.3) is 5.91 Å². The van der Waals surface area contributed by atoms with Gasteiger partial charge in [-0.1, -0.05) is 11.6 Å². The third-order valence-corrected chi connectivity index (χ3v) is 5.66. The van der Waals surface area contributed by atoms with Crippen LogP contribution >= 0.6 is 0 Å². The first kappa shape index (κ1) is 18.5. The summed E-state index contributed by atoms with van der Waals surface area (Å²) in [6.07, 6.45) is 3.96. The second kappa shape index (κ2) is 7.64. The van der Waals surface area contributed by atoms with Gasteiger partial charge in [-0.25, -0.2) is 0 Å².